The Morgan fingerprint density at radius 3 is 2.73 bits per heavy atom. The summed E-state index contributed by atoms with van der Waals surface area (Å²) in [6.07, 6.45) is 4.11. The summed E-state index contributed by atoms with van der Waals surface area (Å²) in [5.41, 5.74) is 8.70. The Hall–Kier alpha value is -3.16. The summed E-state index contributed by atoms with van der Waals surface area (Å²) in [6, 6.07) is 5.54. The molecule has 134 valence electrons. The van der Waals surface area contributed by atoms with Gasteiger partial charge in [0.25, 0.3) is 5.91 Å². The second kappa shape index (κ2) is 6.62. The van der Waals surface area contributed by atoms with E-state index in [-0.39, 0.29) is 17.8 Å². The fourth-order valence-electron chi connectivity index (χ4n) is 3.45. The molecule has 1 amide bonds. The second-order valence-corrected chi connectivity index (χ2v) is 6.49. The number of aromatic nitrogens is 2. The van der Waals surface area contributed by atoms with E-state index in [2.05, 4.69) is 15.3 Å². The third kappa shape index (κ3) is 3.05. The average molecular weight is 352 g/mol. The first kappa shape index (κ1) is 16.3. The van der Waals surface area contributed by atoms with Crippen molar-refractivity contribution in [1.82, 2.24) is 20.2 Å². The molecule has 0 aliphatic carbocycles. The third-order valence-corrected chi connectivity index (χ3v) is 4.79. The van der Waals surface area contributed by atoms with Crippen molar-refractivity contribution in [2.24, 2.45) is 5.73 Å². The van der Waals surface area contributed by atoms with Gasteiger partial charge in [-0.15, -0.1) is 0 Å². The molecule has 4 rings (SSSR count). The Morgan fingerprint density at radius 1 is 1.31 bits per heavy atom. The molecule has 0 saturated heterocycles. The highest BCUT2D eigenvalue weighted by molar-refractivity contribution is 5.95. The van der Waals surface area contributed by atoms with Gasteiger partial charge >= 0.3 is 0 Å². The van der Waals surface area contributed by atoms with Crippen molar-refractivity contribution in [3.8, 4) is 5.75 Å². The topological polar surface area (TPSA) is 117 Å². The predicted molar refractivity (Wildman–Crippen MR) is 94.8 cm³/mol. The minimum absolute atomic E-state index is 0.0450. The standard InChI is InChI=1S/C18H20N6O2/c19-18(20)23-8-12-3-6-26-16-2-1-11(7-13(12)16)17(25)24-9-14-15(10-24)22-5-4-21-14/h1-2,4-5,7,12H,3,6,8-10H2,(H4,19,20,23). The van der Waals surface area contributed by atoms with E-state index in [1.807, 2.05) is 12.1 Å². The maximum Gasteiger partial charge on any atom is 0.254 e. The largest absolute Gasteiger partial charge is 0.493 e. The monoisotopic (exact) mass is 352 g/mol. The Bertz CT molecular complexity index is 844. The molecule has 0 radical (unpaired) electrons. The van der Waals surface area contributed by atoms with Crippen LogP contribution < -0.4 is 15.8 Å². The molecule has 3 heterocycles. The third-order valence-electron chi connectivity index (χ3n) is 4.79. The van der Waals surface area contributed by atoms with Crippen LogP contribution in [0.4, 0.5) is 0 Å². The van der Waals surface area contributed by atoms with Crippen LogP contribution >= 0.6 is 0 Å². The minimum Gasteiger partial charge on any atom is -0.493 e. The van der Waals surface area contributed by atoms with E-state index in [0.717, 1.165) is 29.1 Å². The van der Waals surface area contributed by atoms with Crippen molar-refractivity contribution >= 4 is 11.9 Å². The van der Waals surface area contributed by atoms with Gasteiger partial charge in [0, 0.05) is 30.4 Å². The first-order valence-corrected chi connectivity index (χ1v) is 8.54. The molecule has 1 unspecified atom stereocenters. The zero-order valence-corrected chi connectivity index (χ0v) is 14.2. The highest BCUT2D eigenvalue weighted by Gasteiger charge is 2.28. The van der Waals surface area contributed by atoms with E-state index in [4.69, 9.17) is 15.9 Å². The summed E-state index contributed by atoms with van der Waals surface area (Å²) in [6.45, 7) is 2.12. The molecule has 4 N–H and O–H groups in total. The molecular weight excluding hydrogens is 332 g/mol. The van der Waals surface area contributed by atoms with Crippen LogP contribution in [-0.4, -0.2) is 39.9 Å². The molecule has 1 atom stereocenters. The Morgan fingerprint density at radius 2 is 2.04 bits per heavy atom. The predicted octanol–water partition coefficient (Wildman–Crippen LogP) is 0.982. The van der Waals surface area contributed by atoms with Crippen molar-refractivity contribution in [3.63, 3.8) is 0 Å². The number of benzene rings is 1. The summed E-state index contributed by atoms with van der Waals surface area (Å²) < 4.78 is 5.71. The highest BCUT2D eigenvalue weighted by atomic mass is 16.5. The average Bonchev–Trinajstić information content (AvgIpc) is 3.09. The number of rotatable bonds is 3. The van der Waals surface area contributed by atoms with Crippen molar-refractivity contribution < 1.29 is 9.53 Å². The molecule has 2 aliphatic rings. The first-order chi connectivity index (χ1) is 12.6. The smallest absolute Gasteiger partial charge is 0.254 e. The molecule has 2 aromatic rings. The van der Waals surface area contributed by atoms with Crippen LogP contribution in [0.3, 0.4) is 0 Å². The zero-order valence-electron chi connectivity index (χ0n) is 14.2. The molecule has 0 saturated carbocycles. The molecule has 0 bridgehead atoms. The highest BCUT2D eigenvalue weighted by Crippen LogP contribution is 2.34. The molecule has 1 aromatic heterocycles. The lowest BCUT2D eigenvalue weighted by atomic mass is 9.91. The van der Waals surface area contributed by atoms with Crippen molar-refractivity contribution in [1.29, 1.82) is 5.41 Å². The summed E-state index contributed by atoms with van der Waals surface area (Å²) >= 11 is 0. The van der Waals surface area contributed by atoms with Gasteiger partial charge in [0.1, 0.15) is 5.75 Å². The Balaban J connectivity index is 1.55. The fraction of sp³-hybridized carbons (Fsp3) is 0.333. The van der Waals surface area contributed by atoms with Crippen LogP contribution in [0.2, 0.25) is 0 Å². The van der Waals surface area contributed by atoms with Gasteiger partial charge in [-0.2, -0.15) is 0 Å². The summed E-state index contributed by atoms with van der Waals surface area (Å²) in [5.74, 6) is 0.835. The molecule has 2 aliphatic heterocycles. The lowest BCUT2D eigenvalue weighted by molar-refractivity contribution is 0.0749. The molecule has 26 heavy (non-hydrogen) atoms. The quantitative estimate of drug-likeness (QED) is 0.560. The number of nitrogens with one attached hydrogen (secondary N) is 2. The van der Waals surface area contributed by atoms with E-state index in [1.165, 1.54) is 0 Å². The maximum absolute atomic E-state index is 12.9. The van der Waals surface area contributed by atoms with Gasteiger partial charge in [0.15, 0.2) is 5.96 Å². The number of nitrogens with two attached hydrogens (primary N) is 1. The van der Waals surface area contributed by atoms with Crippen molar-refractivity contribution in [2.75, 3.05) is 13.2 Å². The van der Waals surface area contributed by atoms with E-state index in [0.29, 0.717) is 31.8 Å². The van der Waals surface area contributed by atoms with Gasteiger partial charge in [-0.05, 0) is 30.2 Å². The van der Waals surface area contributed by atoms with Crippen LogP contribution in [0.25, 0.3) is 0 Å². The number of ether oxygens (including phenoxy) is 1. The number of hydrogen-bond acceptors (Lipinski definition) is 5. The van der Waals surface area contributed by atoms with Gasteiger partial charge in [0.05, 0.1) is 31.1 Å². The van der Waals surface area contributed by atoms with Gasteiger partial charge in [-0.1, -0.05) is 0 Å². The number of amides is 1. The summed E-state index contributed by atoms with van der Waals surface area (Å²) in [4.78, 5) is 23.3. The SMILES string of the molecule is N=C(N)NCC1CCOc2ccc(C(=O)N3Cc4nccnc4C3)cc21. The number of fused-ring (bicyclic) bond motifs is 2. The lowest BCUT2D eigenvalue weighted by Gasteiger charge is -2.27. The van der Waals surface area contributed by atoms with Crippen LogP contribution in [0.15, 0.2) is 30.6 Å². The summed E-state index contributed by atoms with van der Waals surface area (Å²) in [5, 5.41) is 10.2. The zero-order chi connectivity index (χ0) is 18.1. The molecule has 1 aromatic carbocycles. The Kier molecular flexibility index (Phi) is 4.16. The lowest BCUT2D eigenvalue weighted by Crippen LogP contribution is -2.35. The van der Waals surface area contributed by atoms with E-state index < -0.39 is 0 Å². The molecule has 0 spiro atoms. The van der Waals surface area contributed by atoms with Crippen molar-refractivity contribution in [3.05, 3.63) is 53.1 Å². The number of guanidine groups is 1. The molecular formula is C18H20N6O2. The van der Waals surface area contributed by atoms with Crippen LogP contribution in [0.1, 0.15) is 39.6 Å². The fourth-order valence-corrected chi connectivity index (χ4v) is 3.45. The molecule has 8 heteroatoms. The molecule has 8 nitrogen and oxygen atoms in total. The maximum atomic E-state index is 12.9. The van der Waals surface area contributed by atoms with Crippen LogP contribution in [0, 0.1) is 5.41 Å². The van der Waals surface area contributed by atoms with Crippen LogP contribution in [0.5, 0.6) is 5.75 Å². The first-order valence-electron chi connectivity index (χ1n) is 8.54. The minimum atomic E-state index is -0.0555. The van der Waals surface area contributed by atoms with Gasteiger partial charge < -0.3 is 20.7 Å². The number of nitrogens with zero attached hydrogens (tertiary/aromatic N) is 3. The van der Waals surface area contributed by atoms with E-state index >= 15 is 0 Å². The van der Waals surface area contributed by atoms with Gasteiger partial charge in [-0.3, -0.25) is 20.2 Å². The Labute approximate surface area is 150 Å². The van der Waals surface area contributed by atoms with Gasteiger partial charge in [0.2, 0.25) is 0 Å². The van der Waals surface area contributed by atoms with Crippen molar-refractivity contribution in [2.45, 2.75) is 25.4 Å². The van der Waals surface area contributed by atoms with E-state index in [1.54, 1.807) is 23.4 Å². The number of carbonyl (C=O) groups is 1. The number of hydrogen-bond donors (Lipinski definition) is 3. The second-order valence-electron chi connectivity index (χ2n) is 6.49. The van der Waals surface area contributed by atoms with E-state index in [9.17, 15) is 4.79 Å². The van der Waals surface area contributed by atoms with Crippen LogP contribution in [-0.2, 0) is 13.1 Å². The normalized spacial score (nSPS) is 17.8. The molecule has 0 fully saturated rings. The summed E-state index contributed by atoms with van der Waals surface area (Å²) in [7, 11) is 0. The number of carbonyl (C=O) groups excluding carboxylic acids is 1. The van der Waals surface area contributed by atoms with Gasteiger partial charge in [-0.25, -0.2) is 0 Å².